The Hall–Kier alpha value is -3.92. The van der Waals surface area contributed by atoms with E-state index in [2.05, 4.69) is 5.32 Å². The van der Waals surface area contributed by atoms with Crippen LogP contribution in [0.1, 0.15) is 24.1 Å². The Bertz CT molecular complexity index is 1170. The van der Waals surface area contributed by atoms with Gasteiger partial charge in [0.15, 0.2) is 0 Å². The Labute approximate surface area is 161 Å². The van der Waals surface area contributed by atoms with Crippen LogP contribution in [0.5, 0.6) is 0 Å². The molecule has 0 aliphatic rings. The summed E-state index contributed by atoms with van der Waals surface area (Å²) in [5.41, 5.74) is 6.63. The largest absolute Gasteiger partial charge is 0.368 e. The first-order valence-corrected chi connectivity index (χ1v) is 8.63. The number of pyridine rings is 1. The maximum absolute atomic E-state index is 12.7. The predicted octanol–water partition coefficient (Wildman–Crippen LogP) is 2.10. The molecule has 0 aliphatic heterocycles. The van der Waals surface area contributed by atoms with Crippen LogP contribution in [0, 0.1) is 11.3 Å². The lowest BCUT2D eigenvalue weighted by Crippen LogP contribution is -2.31. The quantitative estimate of drug-likeness (QED) is 0.711. The zero-order valence-electron chi connectivity index (χ0n) is 15.2. The summed E-state index contributed by atoms with van der Waals surface area (Å²) in [5.74, 6) is -0.872. The summed E-state index contributed by atoms with van der Waals surface area (Å²) in [4.78, 5) is 36.5. The fraction of sp³-hybridized carbons (Fsp3) is 0.143. The van der Waals surface area contributed by atoms with Crippen molar-refractivity contribution in [2.24, 2.45) is 5.73 Å². The molecule has 2 amide bonds. The van der Waals surface area contributed by atoms with E-state index in [0.717, 1.165) is 5.56 Å². The highest BCUT2D eigenvalue weighted by atomic mass is 16.2. The van der Waals surface area contributed by atoms with E-state index in [0.29, 0.717) is 22.0 Å². The number of benzene rings is 2. The molecule has 3 rings (SSSR count). The molecule has 0 spiro atoms. The van der Waals surface area contributed by atoms with E-state index in [4.69, 9.17) is 11.0 Å². The molecule has 0 fully saturated rings. The Morgan fingerprint density at radius 1 is 1.18 bits per heavy atom. The summed E-state index contributed by atoms with van der Waals surface area (Å²) >= 11 is 0. The number of amides is 2. The molecular formula is C21H18N4O3. The van der Waals surface area contributed by atoms with Crippen molar-refractivity contribution >= 4 is 28.3 Å². The average molecular weight is 374 g/mol. The summed E-state index contributed by atoms with van der Waals surface area (Å²) in [6, 6.07) is 14.8. The van der Waals surface area contributed by atoms with Gasteiger partial charge in [0.1, 0.15) is 6.04 Å². The molecule has 0 saturated heterocycles. The van der Waals surface area contributed by atoms with Gasteiger partial charge in [0.05, 0.1) is 18.1 Å². The lowest BCUT2D eigenvalue weighted by Gasteiger charge is -2.14. The van der Waals surface area contributed by atoms with E-state index in [1.807, 2.05) is 6.07 Å². The monoisotopic (exact) mass is 374 g/mol. The minimum Gasteiger partial charge on any atom is -0.368 e. The molecular weight excluding hydrogens is 356 g/mol. The number of nitrogens with one attached hydrogen (secondary N) is 1. The molecule has 1 heterocycles. The van der Waals surface area contributed by atoms with Crippen LogP contribution in [0.4, 0.5) is 5.69 Å². The lowest BCUT2D eigenvalue weighted by molar-refractivity contribution is -0.120. The van der Waals surface area contributed by atoms with E-state index in [1.165, 1.54) is 10.8 Å². The van der Waals surface area contributed by atoms with Crippen molar-refractivity contribution in [3.8, 4) is 6.07 Å². The smallest absolute Gasteiger partial charge is 0.259 e. The van der Waals surface area contributed by atoms with Gasteiger partial charge in [0, 0.05) is 22.7 Å². The Balaban J connectivity index is 1.90. The van der Waals surface area contributed by atoms with E-state index in [1.54, 1.807) is 55.5 Å². The minimum absolute atomic E-state index is 0.0989. The zero-order chi connectivity index (χ0) is 20.3. The van der Waals surface area contributed by atoms with Gasteiger partial charge in [0.2, 0.25) is 11.8 Å². The number of fused-ring (bicyclic) bond motifs is 1. The van der Waals surface area contributed by atoms with Crippen LogP contribution in [0.3, 0.4) is 0 Å². The van der Waals surface area contributed by atoms with Crippen molar-refractivity contribution < 1.29 is 9.59 Å². The number of hydrogen-bond acceptors (Lipinski definition) is 4. The molecule has 7 heteroatoms. The van der Waals surface area contributed by atoms with E-state index < -0.39 is 11.9 Å². The number of carbonyl (C=O) groups excluding carboxylic acids is 2. The van der Waals surface area contributed by atoms with Gasteiger partial charge in [-0.3, -0.25) is 14.4 Å². The second-order valence-corrected chi connectivity index (χ2v) is 6.41. The van der Waals surface area contributed by atoms with Gasteiger partial charge in [-0.05, 0) is 42.8 Å². The van der Waals surface area contributed by atoms with Crippen molar-refractivity contribution in [1.82, 2.24) is 4.57 Å². The first kappa shape index (κ1) is 18.9. The van der Waals surface area contributed by atoms with Crippen LogP contribution < -0.4 is 16.6 Å². The molecule has 0 radical (unpaired) electrons. The summed E-state index contributed by atoms with van der Waals surface area (Å²) in [7, 11) is 0. The summed E-state index contributed by atoms with van der Waals surface area (Å²) in [6.45, 7) is 1.55. The SMILES string of the molecule is C[C@H](C(N)=O)n1ccc2c(NC(=O)Cc3cccc(C#N)c3)cccc2c1=O. The van der Waals surface area contributed by atoms with Gasteiger partial charge < -0.3 is 15.6 Å². The number of hydrogen-bond donors (Lipinski definition) is 2. The third-order valence-electron chi connectivity index (χ3n) is 4.50. The highest BCUT2D eigenvalue weighted by Gasteiger charge is 2.15. The van der Waals surface area contributed by atoms with Gasteiger partial charge in [-0.1, -0.05) is 18.2 Å². The van der Waals surface area contributed by atoms with Gasteiger partial charge in [-0.15, -0.1) is 0 Å². The van der Waals surface area contributed by atoms with Gasteiger partial charge in [-0.25, -0.2) is 0 Å². The number of rotatable bonds is 5. The summed E-state index contributed by atoms with van der Waals surface area (Å²) < 4.78 is 1.27. The van der Waals surface area contributed by atoms with E-state index in [9.17, 15) is 14.4 Å². The number of nitrogens with two attached hydrogens (primary N) is 1. The molecule has 3 aromatic rings. The minimum atomic E-state index is -0.775. The van der Waals surface area contributed by atoms with Crippen LogP contribution in [-0.2, 0) is 16.0 Å². The number of nitriles is 1. The van der Waals surface area contributed by atoms with Crippen molar-refractivity contribution in [2.45, 2.75) is 19.4 Å². The number of carbonyl (C=O) groups is 2. The predicted molar refractivity (Wildman–Crippen MR) is 106 cm³/mol. The van der Waals surface area contributed by atoms with Crippen LogP contribution in [0.2, 0.25) is 0 Å². The van der Waals surface area contributed by atoms with E-state index in [-0.39, 0.29) is 17.9 Å². The fourth-order valence-electron chi connectivity index (χ4n) is 2.97. The number of primary amides is 1. The van der Waals surface area contributed by atoms with E-state index >= 15 is 0 Å². The van der Waals surface area contributed by atoms with Crippen LogP contribution in [0.25, 0.3) is 10.8 Å². The Morgan fingerprint density at radius 3 is 2.64 bits per heavy atom. The molecule has 7 nitrogen and oxygen atoms in total. The molecule has 1 aromatic heterocycles. The van der Waals surface area contributed by atoms with Gasteiger partial charge in [-0.2, -0.15) is 5.26 Å². The van der Waals surface area contributed by atoms with Crippen molar-refractivity contribution in [1.29, 1.82) is 5.26 Å². The summed E-state index contributed by atoms with van der Waals surface area (Å²) in [6.07, 6.45) is 1.59. The molecule has 0 unspecified atom stereocenters. The third-order valence-corrected chi connectivity index (χ3v) is 4.50. The lowest BCUT2D eigenvalue weighted by atomic mass is 10.1. The third kappa shape index (κ3) is 3.76. The van der Waals surface area contributed by atoms with Crippen LogP contribution in [-0.4, -0.2) is 16.4 Å². The topological polar surface area (TPSA) is 118 Å². The maximum Gasteiger partial charge on any atom is 0.259 e. The number of anilines is 1. The molecule has 0 saturated carbocycles. The molecule has 140 valence electrons. The highest BCUT2D eigenvalue weighted by Crippen LogP contribution is 2.22. The summed E-state index contributed by atoms with van der Waals surface area (Å²) in [5, 5.41) is 12.7. The number of aromatic nitrogens is 1. The van der Waals surface area contributed by atoms with Crippen molar-refractivity contribution in [3.05, 3.63) is 76.2 Å². The molecule has 1 atom stereocenters. The molecule has 28 heavy (non-hydrogen) atoms. The Kier molecular flexibility index (Phi) is 5.23. The normalized spacial score (nSPS) is 11.6. The molecule has 0 aliphatic carbocycles. The highest BCUT2D eigenvalue weighted by molar-refractivity contribution is 6.02. The standard InChI is InChI=1S/C21H18N4O3/c1-13(20(23)27)25-9-8-16-17(21(25)28)6-3-7-18(16)24-19(26)11-14-4-2-5-15(10-14)12-22/h2-10,13H,11H2,1H3,(H2,23,27)(H,24,26)/t13-/m1/s1. The molecule has 2 aromatic carbocycles. The van der Waals surface area contributed by atoms with Crippen molar-refractivity contribution in [3.63, 3.8) is 0 Å². The second-order valence-electron chi connectivity index (χ2n) is 6.41. The Morgan fingerprint density at radius 2 is 1.93 bits per heavy atom. The van der Waals surface area contributed by atoms with Crippen molar-refractivity contribution in [2.75, 3.05) is 5.32 Å². The average Bonchev–Trinajstić information content (AvgIpc) is 2.68. The zero-order valence-corrected chi connectivity index (χ0v) is 15.2. The first-order valence-electron chi connectivity index (χ1n) is 8.63. The fourth-order valence-corrected chi connectivity index (χ4v) is 2.97. The van der Waals surface area contributed by atoms with Crippen LogP contribution >= 0.6 is 0 Å². The first-order chi connectivity index (χ1) is 13.4. The molecule has 0 bridgehead atoms. The number of nitrogens with zero attached hydrogens (tertiary/aromatic N) is 2. The van der Waals surface area contributed by atoms with Gasteiger partial charge in [0.25, 0.3) is 5.56 Å². The maximum atomic E-state index is 12.7. The molecule has 3 N–H and O–H groups in total. The van der Waals surface area contributed by atoms with Gasteiger partial charge >= 0.3 is 0 Å². The second kappa shape index (κ2) is 7.76. The van der Waals surface area contributed by atoms with Crippen LogP contribution in [0.15, 0.2) is 59.5 Å².